The number of rotatable bonds is 0. The Labute approximate surface area is 177 Å². The van der Waals surface area contributed by atoms with Crippen molar-refractivity contribution in [3.63, 3.8) is 0 Å². The summed E-state index contributed by atoms with van der Waals surface area (Å²) in [6.07, 6.45) is 57.0. The molecule has 1 aliphatic rings. The molecule has 0 aromatic rings. The molecular formula is C29H31. The lowest BCUT2D eigenvalue weighted by atomic mass is 10.2. The van der Waals surface area contributed by atoms with Crippen LogP contribution in [0.15, 0.2) is 152 Å². The van der Waals surface area contributed by atoms with E-state index in [0.29, 0.717) is 0 Å². The molecular weight excluding hydrogens is 348 g/mol. The lowest BCUT2D eigenvalue weighted by Gasteiger charge is -1.87. The molecule has 1 radical (unpaired) electrons. The van der Waals surface area contributed by atoms with Crippen molar-refractivity contribution < 1.29 is 0 Å². The summed E-state index contributed by atoms with van der Waals surface area (Å²) in [7, 11) is 0. The molecule has 1 rings (SSSR count). The molecule has 0 bridgehead atoms. The largest absolute Gasteiger partial charge is 0.0845 e. The van der Waals surface area contributed by atoms with Crippen LogP contribution in [0.4, 0.5) is 0 Å². The van der Waals surface area contributed by atoms with Crippen LogP contribution >= 0.6 is 0 Å². The molecule has 0 heterocycles. The monoisotopic (exact) mass is 379 g/mol. The van der Waals surface area contributed by atoms with Gasteiger partial charge in [-0.05, 0) is 25.3 Å². The van der Waals surface area contributed by atoms with Crippen LogP contribution in [0.3, 0.4) is 0 Å². The van der Waals surface area contributed by atoms with Gasteiger partial charge in [-0.15, -0.1) is 0 Å². The van der Waals surface area contributed by atoms with E-state index in [2.05, 4.69) is 24.3 Å². The summed E-state index contributed by atoms with van der Waals surface area (Å²) in [4.78, 5) is 0. The fraction of sp³-hybridized carbons (Fsp3) is 0.103. The lowest BCUT2D eigenvalue weighted by Crippen LogP contribution is -1.68. The zero-order chi connectivity index (χ0) is 20.5. The summed E-state index contributed by atoms with van der Waals surface area (Å²) in [5.41, 5.74) is 0. The first kappa shape index (κ1) is 23.7. The highest BCUT2D eigenvalue weighted by Crippen LogP contribution is 1.98. The van der Waals surface area contributed by atoms with Crippen molar-refractivity contribution in [1.29, 1.82) is 0 Å². The molecule has 0 heteroatoms. The summed E-state index contributed by atoms with van der Waals surface area (Å²) in [6, 6.07) is 0. The van der Waals surface area contributed by atoms with Gasteiger partial charge in [0.05, 0.1) is 0 Å². The minimum atomic E-state index is 0.975. The van der Waals surface area contributed by atoms with E-state index >= 15 is 0 Å². The van der Waals surface area contributed by atoms with Crippen LogP contribution in [0.25, 0.3) is 0 Å². The zero-order valence-corrected chi connectivity index (χ0v) is 17.1. The molecule has 0 N–H and O–H groups in total. The summed E-state index contributed by atoms with van der Waals surface area (Å²) >= 11 is 0. The van der Waals surface area contributed by atoms with Gasteiger partial charge in [-0.3, -0.25) is 0 Å². The molecule has 0 spiro atoms. The van der Waals surface area contributed by atoms with Crippen LogP contribution in [-0.4, -0.2) is 0 Å². The van der Waals surface area contributed by atoms with E-state index in [1.54, 1.807) is 0 Å². The second-order valence-electron chi connectivity index (χ2n) is 5.93. The van der Waals surface area contributed by atoms with Crippen LogP contribution < -0.4 is 0 Å². The SMILES string of the molecule is [C]1=C/C=C\C=C/C=C\C=C/C=C\C=C/C=C/C=C\C=C/C=C\C=C/C=C\CCC\1. The normalized spacial score (nSPS) is 31.2. The summed E-state index contributed by atoms with van der Waals surface area (Å²) < 4.78 is 0. The standard InChI is InChI=1S/C29H31/c1-2-4-6-8-10-12-14-16-18-20-22-24-26-28-29-27-25-23-21-19-17-15-13-11-9-7-5-3-1/h1-25H,26,28-29H2/b3-1-,4-2+,7-5-,8-6-,11-9-,12-10-,15-13-,16-14-,19-17-,20-18-,23-21-,24-22-,27-25?. The highest BCUT2D eigenvalue weighted by atomic mass is 13.8. The molecule has 0 unspecified atom stereocenters. The highest BCUT2D eigenvalue weighted by molar-refractivity contribution is 5.23. The van der Waals surface area contributed by atoms with Gasteiger partial charge in [0, 0.05) is 0 Å². The molecule has 0 nitrogen and oxygen atoms in total. The maximum atomic E-state index is 3.29. The molecule has 0 saturated carbocycles. The average Bonchev–Trinajstić information content (AvgIpc) is 2.73. The maximum Gasteiger partial charge on any atom is -0.0273 e. The molecule has 147 valence electrons. The van der Waals surface area contributed by atoms with E-state index in [1.165, 1.54) is 0 Å². The van der Waals surface area contributed by atoms with Gasteiger partial charge < -0.3 is 0 Å². The van der Waals surface area contributed by atoms with Crippen molar-refractivity contribution in [2.24, 2.45) is 0 Å². The van der Waals surface area contributed by atoms with Gasteiger partial charge in [0.15, 0.2) is 0 Å². The van der Waals surface area contributed by atoms with Crippen LogP contribution in [-0.2, 0) is 0 Å². The number of allylic oxidation sites excluding steroid dienone is 26. The molecule has 1 aliphatic carbocycles. The molecule has 0 amide bonds. The molecule has 0 aromatic carbocycles. The van der Waals surface area contributed by atoms with E-state index < -0.39 is 0 Å². The predicted molar refractivity (Wildman–Crippen MR) is 131 cm³/mol. The van der Waals surface area contributed by atoms with Crippen molar-refractivity contribution in [3.05, 3.63) is 158 Å². The molecule has 0 aliphatic heterocycles. The second-order valence-corrected chi connectivity index (χ2v) is 5.93. The Morgan fingerprint density at radius 1 is 0.345 bits per heavy atom. The average molecular weight is 380 g/mol. The Bertz CT molecular complexity index is 710. The minimum absolute atomic E-state index is 0.975. The Kier molecular flexibility index (Phi) is 17.1. The highest BCUT2D eigenvalue weighted by Gasteiger charge is 1.79. The number of hydrogen-bond acceptors (Lipinski definition) is 0. The Morgan fingerprint density at radius 3 is 1.03 bits per heavy atom. The van der Waals surface area contributed by atoms with Crippen molar-refractivity contribution >= 4 is 0 Å². The summed E-state index contributed by atoms with van der Waals surface area (Å²) in [5, 5.41) is 0. The van der Waals surface area contributed by atoms with Crippen molar-refractivity contribution in [2.45, 2.75) is 19.3 Å². The molecule has 0 fully saturated rings. The zero-order valence-electron chi connectivity index (χ0n) is 17.1. The van der Waals surface area contributed by atoms with E-state index in [9.17, 15) is 0 Å². The first-order valence-electron chi connectivity index (χ1n) is 10.1. The third-order valence-corrected chi connectivity index (χ3v) is 3.49. The molecule has 0 aromatic heterocycles. The van der Waals surface area contributed by atoms with E-state index in [4.69, 9.17) is 0 Å². The number of hydrogen-bond donors (Lipinski definition) is 0. The Balaban J connectivity index is 2.59. The third kappa shape index (κ3) is 19.2. The minimum Gasteiger partial charge on any atom is -0.0845 e. The Hall–Kier alpha value is -3.38. The van der Waals surface area contributed by atoms with Gasteiger partial charge >= 0.3 is 0 Å². The van der Waals surface area contributed by atoms with Gasteiger partial charge in [0.2, 0.25) is 0 Å². The van der Waals surface area contributed by atoms with Crippen molar-refractivity contribution in [1.82, 2.24) is 0 Å². The molecule has 0 saturated heterocycles. The molecule has 29 heavy (non-hydrogen) atoms. The third-order valence-electron chi connectivity index (χ3n) is 3.49. The second kappa shape index (κ2) is 20.9. The van der Waals surface area contributed by atoms with Crippen LogP contribution in [0, 0.1) is 6.08 Å². The van der Waals surface area contributed by atoms with Gasteiger partial charge in [0.1, 0.15) is 0 Å². The maximum absolute atomic E-state index is 3.29. The van der Waals surface area contributed by atoms with Gasteiger partial charge in [-0.2, -0.15) is 0 Å². The fourth-order valence-electron chi connectivity index (χ4n) is 2.05. The topological polar surface area (TPSA) is 0 Å². The van der Waals surface area contributed by atoms with Crippen molar-refractivity contribution in [3.8, 4) is 0 Å². The van der Waals surface area contributed by atoms with Crippen LogP contribution in [0.1, 0.15) is 19.3 Å². The summed E-state index contributed by atoms with van der Waals surface area (Å²) in [5.74, 6) is 0. The lowest BCUT2D eigenvalue weighted by molar-refractivity contribution is 0.855. The molecule has 0 atom stereocenters. The van der Waals surface area contributed by atoms with E-state index in [-0.39, 0.29) is 0 Å². The van der Waals surface area contributed by atoms with Crippen molar-refractivity contribution in [2.75, 3.05) is 0 Å². The van der Waals surface area contributed by atoms with Crippen LogP contribution in [0.2, 0.25) is 0 Å². The first-order valence-corrected chi connectivity index (χ1v) is 10.1. The van der Waals surface area contributed by atoms with Gasteiger partial charge in [-0.25, -0.2) is 0 Å². The smallest absolute Gasteiger partial charge is 0.0273 e. The quantitative estimate of drug-likeness (QED) is 0.398. The fourth-order valence-corrected chi connectivity index (χ4v) is 2.05. The van der Waals surface area contributed by atoms with E-state index in [1.807, 2.05) is 134 Å². The van der Waals surface area contributed by atoms with Crippen LogP contribution in [0.5, 0.6) is 0 Å². The first-order chi connectivity index (χ1) is 14.5. The van der Waals surface area contributed by atoms with Gasteiger partial charge in [-0.1, -0.05) is 152 Å². The Morgan fingerprint density at radius 2 is 0.655 bits per heavy atom. The van der Waals surface area contributed by atoms with E-state index in [0.717, 1.165) is 19.3 Å². The summed E-state index contributed by atoms with van der Waals surface area (Å²) in [6.45, 7) is 0. The van der Waals surface area contributed by atoms with Gasteiger partial charge in [0.25, 0.3) is 0 Å². The predicted octanol–water partition coefficient (Wildman–Crippen LogP) is 8.20.